The summed E-state index contributed by atoms with van der Waals surface area (Å²) >= 11 is 3.46. The van der Waals surface area contributed by atoms with Crippen molar-refractivity contribution in [3.63, 3.8) is 0 Å². The molecule has 1 saturated heterocycles. The first-order valence-corrected chi connectivity index (χ1v) is 10.3. The smallest absolute Gasteiger partial charge is 0.289 e. The fourth-order valence-corrected chi connectivity index (χ4v) is 3.98. The van der Waals surface area contributed by atoms with Gasteiger partial charge in [0.1, 0.15) is 11.3 Å². The average molecular weight is 443 g/mol. The third-order valence-corrected chi connectivity index (χ3v) is 5.62. The summed E-state index contributed by atoms with van der Waals surface area (Å²) in [4.78, 5) is 17.2. The molecule has 2 heterocycles. The summed E-state index contributed by atoms with van der Waals surface area (Å²) in [7, 11) is 1.68. The Kier molecular flexibility index (Phi) is 5.69. The molecule has 4 rings (SSSR count). The van der Waals surface area contributed by atoms with Crippen LogP contribution in [0.1, 0.15) is 22.5 Å². The summed E-state index contributed by atoms with van der Waals surface area (Å²) in [6.07, 6.45) is 0.952. The van der Waals surface area contributed by atoms with Crippen molar-refractivity contribution in [1.82, 2.24) is 9.80 Å². The molecule has 1 aromatic heterocycles. The minimum atomic E-state index is -0.0291. The van der Waals surface area contributed by atoms with Gasteiger partial charge in [-0.2, -0.15) is 0 Å². The van der Waals surface area contributed by atoms with E-state index in [9.17, 15) is 4.79 Å². The molecule has 0 atom stereocenters. The lowest BCUT2D eigenvalue weighted by molar-refractivity contribution is 0.0731. The molecule has 6 heteroatoms. The van der Waals surface area contributed by atoms with Crippen molar-refractivity contribution in [1.29, 1.82) is 0 Å². The van der Waals surface area contributed by atoms with Gasteiger partial charge in [0.25, 0.3) is 5.91 Å². The highest BCUT2D eigenvalue weighted by Crippen LogP contribution is 2.24. The largest absolute Gasteiger partial charge is 0.497 e. The zero-order chi connectivity index (χ0) is 19.5. The summed E-state index contributed by atoms with van der Waals surface area (Å²) in [5, 5.41) is 0.939. The van der Waals surface area contributed by atoms with Crippen molar-refractivity contribution in [2.24, 2.45) is 0 Å². The molecule has 0 unspecified atom stereocenters. The Morgan fingerprint density at radius 3 is 2.68 bits per heavy atom. The van der Waals surface area contributed by atoms with Gasteiger partial charge in [-0.1, -0.05) is 28.1 Å². The maximum atomic E-state index is 12.9. The van der Waals surface area contributed by atoms with Crippen LogP contribution in [0, 0.1) is 0 Å². The van der Waals surface area contributed by atoms with E-state index in [1.54, 1.807) is 7.11 Å². The Labute approximate surface area is 173 Å². The van der Waals surface area contributed by atoms with Crippen LogP contribution >= 0.6 is 15.9 Å². The predicted molar refractivity (Wildman–Crippen MR) is 113 cm³/mol. The molecular formula is C22H23BrN2O3. The Balaban J connectivity index is 1.40. The maximum absolute atomic E-state index is 12.9. The molecule has 0 bridgehead atoms. The highest BCUT2D eigenvalue weighted by atomic mass is 79.9. The Morgan fingerprint density at radius 1 is 1.07 bits per heavy atom. The van der Waals surface area contributed by atoms with Crippen molar-refractivity contribution in [3.05, 3.63) is 64.3 Å². The fraction of sp³-hybridized carbons (Fsp3) is 0.318. The molecule has 1 aliphatic heterocycles. The van der Waals surface area contributed by atoms with Crippen molar-refractivity contribution < 1.29 is 13.9 Å². The number of rotatable bonds is 4. The highest BCUT2D eigenvalue weighted by Gasteiger charge is 2.23. The van der Waals surface area contributed by atoms with Crippen LogP contribution in [0.4, 0.5) is 0 Å². The minimum Gasteiger partial charge on any atom is -0.497 e. The van der Waals surface area contributed by atoms with Crippen molar-refractivity contribution in [3.8, 4) is 5.75 Å². The van der Waals surface area contributed by atoms with Crippen molar-refractivity contribution in [2.75, 3.05) is 33.3 Å². The van der Waals surface area contributed by atoms with E-state index >= 15 is 0 Å². The molecule has 0 saturated carbocycles. The number of carbonyl (C=O) groups is 1. The molecule has 2 aromatic carbocycles. The summed E-state index contributed by atoms with van der Waals surface area (Å²) in [6, 6.07) is 15.8. The van der Waals surface area contributed by atoms with E-state index in [1.165, 1.54) is 5.56 Å². The quantitative estimate of drug-likeness (QED) is 0.594. The van der Waals surface area contributed by atoms with Crippen LogP contribution in [-0.2, 0) is 6.54 Å². The lowest BCUT2D eigenvalue weighted by Crippen LogP contribution is -2.34. The molecule has 1 fully saturated rings. The average Bonchev–Trinajstić information content (AvgIpc) is 2.99. The Morgan fingerprint density at radius 2 is 1.89 bits per heavy atom. The second kappa shape index (κ2) is 8.37. The van der Waals surface area contributed by atoms with E-state index < -0.39 is 0 Å². The lowest BCUT2D eigenvalue weighted by atomic mass is 10.2. The summed E-state index contributed by atoms with van der Waals surface area (Å²) < 4.78 is 12.0. The molecular weight excluding hydrogens is 420 g/mol. The molecule has 0 aliphatic carbocycles. The standard InChI is InChI=1S/C22H23BrN2O3/c1-27-19-6-3-16(4-7-19)15-24-9-2-10-25(12-11-24)22(26)21-14-17-13-18(23)5-8-20(17)28-21/h3-8,13-14H,2,9-12,15H2,1H3. The van der Waals surface area contributed by atoms with Gasteiger partial charge in [0.2, 0.25) is 0 Å². The molecule has 28 heavy (non-hydrogen) atoms. The number of methoxy groups -OCH3 is 1. The van der Waals surface area contributed by atoms with Crippen molar-refractivity contribution in [2.45, 2.75) is 13.0 Å². The van der Waals surface area contributed by atoms with E-state index in [0.29, 0.717) is 12.3 Å². The van der Waals surface area contributed by atoms with Gasteiger partial charge < -0.3 is 14.1 Å². The van der Waals surface area contributed by atoms with E-state index in [1.807, 2.05) is 41.3 Å². The number of carbonyl (C=O) groups excluding carboxylic acids is 1. The molecule has 0 spiro atoms. The monoisotopic (exact) mass is 442 g/mol. The van der Waals surface area contributed by atoms with Gasteiger partial charge in [0.05, 0.1) is 7.11 Å². The van der Waals surface area contributed by atoms with Crippen LogP contribution < -0.4 is 4.74 Å². The third kappa shape index (κ3) is 4.23. The first-order chi connectivity index (χ1) is 13.6. The highest BCUT2D eigenvalue weighted by molar-refractivity contribution is 9.10. The number of furan rings is 1. The fourth-order valence-electron chi connectivity index (χ4n) is 3.60. The maximum Gasteiger partial charge on any atom is 0.289 e. The molecule has 1 aliphatic rings. The second-order valence-electron chi connectivity index (χ2n) is 7.06. The van der Waals surface area contributed by atoms with E-state index in [-0.39, 0.29) is 5.91 Å². The number of benzene rings is 2. The van der Waals surface area contributed by atoms with Gasteiger partial charge in [-0.3, -0.25) is 9.69 Å². The second-order valence-corrected chi connectivity index (χ2v) is 7.98. The van der Waals surface area contributed by atoms with Gasteiger partial charge >= 0.3 is 0 Å². The van der Waals surface area contributed by atoms with Gasteiger partial charge in [0, 0.05) is 42.6 Å². The van der Waals surface area contributed by atoms with Crippen LogP contribution in [-0.4, -0.2) is 49.0 Å². The summed E-state index contributed by atoms with van der Waals surface area (Å²) in [6.45, 7) is 4.16. The van der Waals surface area contributed by atoms with E-state index in [0.717, 1.165) is 53.8 Å². The predicted octanol–water partition coefficient (Wildman–Crippen LogP) is 4.55. The van der Waals surface area contributed by atoms with Crippen LogP contribution in [0.25, 0.3) is 11.0 Å². The normalized spacial score (nSPS) is 15.6. The van der Waals surface area contributed by atoms with Gasteiger partial charge in [0.15, 0.2) is 5.76 Å². The van der Waals surface area contributed by atoms with Gasteiger partial charge in [-0.25, -0.2) is 0 Å². The van der Waals surface area contributed by atoms with Crippen LogP contribution in [0.3, 0.4) is 0 Å². The SMILES string of the molecule is COc1ccc(CN2CCCN(C(=O)c3cc4cc(Br)ccc4o3)CC2)cc1. The summed E-state index contributed by atoms with van der Waals surface area (Å²) in [5.41, 5.74) is 1.99. The third-order valence-electron chi connectivity index (χ3n) is 5.13. The molecule has 1 amide bonds. The lowest BCUT2D eigenvalue weighted by Gasteiger charge is -2.21. The zero-order valence-electron chi connectivity index (χ0n) is 15.9. The molecule has 0 radical (unpaired) electrons. The first-order valence-electron chi connectivity index (χ1n) is 9.46. The minimum absolute atomic E-state index is 0.0291. The van der Waals surface area contributed by atoms with E-state index in [2.05, 4.69) is 33.0 Å². The number of fused-ring (bicyclic) bond motifs is 1. The summed E-state index contributed by atoms with van der Waals surface area (Å²) in [5.74, 6) is 1.25. The molecule has 5 nitrogen and oxygen atoms in total. The molecule has 0 N–H and O–H groups in total. The topological polar surface area (TPSA) is 45.9 Å². The van der Waals surface area contributed by atoms with Crippen LogP contribution in [0.2, 0.25) is 0 Å². The first kappa shape index (κ1) is 19.0. The number of hydrogen-bond acceptors (Lipinski definition) is 4. The number of amides is 1. The van der Waals surface area contributed by atoms with Gasteiger partial charge in [-0.15, -0.1) is 0 Å². The number of nitrogens with zero attached hydrogens (tertiary/aromatic N) is 2. The van der Waals surface area contributed by atoms with Gasteiger partial charge in [-0.05, 0) is 48.4 Å². The Bertz CT molecular complexity index is 968. The van der Waals surface area contributed by atoms with E-state index in [4.69, 9.17) is 9.15 Å². The number of ether oxygens (including phenoxy) is 1. The molecule has 146 valence electrons. The van der Waals surface area contributed by atoms with Crippen molar-refractivity contribution >= 4 is 32.8 Å². The van der Waals surface area contributed by atoms with Crippen LogP contribution in [0.15, 0.2) is 57.4 Å². The molecule has 3 aromatic rings. The number of halogens is 1. The van der Waals surface area contributed by atoms with Crippen LogP contribution in [0.5, 0.6) is 5.75 Å². The Hall–Kier alpha value is -2.31. The zero-order valence-corrected chi connectivity index (χ0v) is 17.4. The number of hydrogen-bond donors (Lipinski definition) is 0.